The maximum Gasteiger partial charge on any atom is 0.293 e. The van der Waals surface area contributed by atoms with E-state index in [-0.39, 0.29) is 40.1 Å². The maximum atomic E-state index is 13.3. The highest BCUT2D eigenvalue weighted by molar-refractivity contribution is 8.02. The summed E-state index contributed by atoms with van der Waals surface area (Å²) in [6, 6.07) is 57.8. The van der Waals surface area contributed by atoms with Crippen LogP contribution in [0.5, 0.6) is 11.5 Å². The Morgan fingerprint density at radius 3 is 1.04 bits per heavy atom. The lowest BCUT2D eigenvalue weighted by Gasteiger charge is -2.15. The smallest absolute Gasteiger partial charge is 0.293 e. The zero-order valence-corrected chi connectivity index (χ0v) is 82.6. The predicted molar refractivity (Wildman–Crippen MR) is 536 cm³/mol. The number of halogens is 7. The van der Waals surface area contributed by atoms with Gasteiger partial charge in [0.1, 0.15) is 11.6 Å². The number of rotatable bonds is 23. The SMILES string of the molecule is CC(C)(C)C(=O)Nc1nnc(Sc2ccnc3cc(Cl)ccc23)s1.COc1ccc(C(=O)Nc2nnc(Sc3ccnc4cc(Cl)ccc34)s2)cc1OC.O=C(CSc1ccccc1)Nc1nnc(Sc2ccnc3cc(Cl)ccc23)s1.O=C(Nc1nnc(Sc2ccnc3cc(Cl)ccc23)s1)c1cc(F)cc(F)c1.O=C(Nc1nnc(Sc2ccnc3cc(Cl)ccc23)s1)c1ccco1. The Hall–Kier alpha value is -11.8. The van der Waals surface area contributed by atoms with Gasteiger partial charge in [-0.15, -0.1) is 62.7 Å². The number of aromatic nitrogens is 15. The van der Waals surface area contributed by atoms with Crippen molar-refractivity contribution in [2.45, 2.75) is 71.8 Å². The zero-order valence-electron chi connectivity index (χ0n) is 69.8. The highest BCUT2D eigenvalue weighted by Crippen LogP contribution is 2.43. The second kappa shape index (κ2) is 46.2. The number of fused-ring (bicyclic) bond motifs is 5. The van der Waals surface area contributed by atoms with E-state index < -0.39 is 23.0 Å². The number of carbonyl (C=O) groups excluding carboxylic acids is 5. The minimum atomic E-state index is -0.830. The number of benzene rings is 8. The van der Waals surface area contributed by atoms with Crippen molar-refractivity contribution in [3.8, 4) is 11.5 Å². The number of nitrogens with one attached hydrogen (secondary N) is 5. The first kappa shape index (κ1) is 97.8. The molecule has 0 bridgehead atoms. The van der Waals surface area contributed by atoms with E-state index in [0.717, 1.165) is 116 Å². The van der Waals surface area contributed by atoms with Gasteiger partial charge in [0.05, 0.1) is 53.8 Å². The molecule has 19 aromatic rings. The number of ether oxygens (including phenoxy) is 2. The van der Waals surface area contributed by atoms with Gasteiger partial charge in [-0.05, 0) is 146 Å². The molecular weight excluding hydrogens is 2050 g/mol. The van der Waals surface area contributed by atoms with E-state index in [1.165, 1.54) is 129 Å². The summed E-state index contributed by atoms with van der Waals surface area (Å²) < 4.78 is 45.5. The molecule has 46 heteroatoms. The average molecular weight is 2110 g/mol. The van der Waals surface area contributed by atoms with Gasteiger partial charge >= 0.3 is 0 Å². The largest absolute Gasteiger partial charge is 0.493 e. The van der Waals surface area contributed by atoms with Crippen LogP contribution in [0.25, 0.3) is 54.5 Å². The fourth-order valence-corrected chi connectivity index (χ4v) is 22.3. The molecule has 0 saturated carbocycles. The van der Waals surface area contributed by atoms with Crippen LogP contribution in [0.1, 0.15) is 52.0 Å². The summed E-state index contributed by atoms with van der Waals surface area (Å²) in [6.45, 7) is 5.56. The molecule has 0 spiro atoms. The lowest BCUT2D eigenvalue weighted by molar-refractivity contribution is -0.123. The van der Waals surface area contributed by atoms with Crippen LogP contribution in [-0.4, -0.2) is 125 Å². The predicted octanol–water partition coefficient (Wildman–Crippen LogP) is 25.8. The number of furan rings is 1. The van der Waals surface area contributed by atoms with E-state index in [9.17, 15) is 32.8 Å². The molecule has 135 heavy (non-hydrogen) atoms. The molecule has 0 aliphatic rings. The van der Waals surface area contributed by atoms with Crippen molar-refractivity contribution in [3.63, 3.8) is 0 Å². The summed E-state index contributed by atoms with van der Waals surface area (Å²) in [4.78, 5) is 88.4. The highest BCUT2D eigenvalue weighted by atomic mass is 35.5. The van der Waals surface area contributed by atoms with Gasteiger partial charge in [-0.25, -0.2) is 8.78 Å². The molecule has 28 nitrogen and oxygen atoms in total. The minimum Gasteiger partial charge on any atom is -0.493 e. The number of hydrogen-bond donors (Lipinski definition) is 5. The number of methoxy groups -OCH3 is 2. The summed E-state index contributed by atoms with van der Waals surface area (Å²) in [5.74, 6) is -1.62. The van der Waals surface area contributed by atoms with E-state index in [1.807, 2.05) is 160 Å². The summed E-state index contributed by atoms with van der Waals surface area (Å²) in [5.41, 5.74) is 3.84. The normalized spacial score (nSPS) is 11.0. The molecule has 19 rings (SSSR count). The van der Waals surface area contributed by atoms with Crippen molar-refractivity contribution in [3.05, 3.63) is 291 Å². The van der Waals surface area contributed by atoms with Crippen molar-refractivity contribution in [1.82, 2.24) is 75.9 Å². The number of hydrogen-bond acceptors (Lipinski definition) is 34. The Bertz CT molecular complexity index is 7520. The van der Waals surface area contributed by atoms with Crippen molar-refractivity contribution in [2.24, 2.45) is 5.41 Å². The van der Waals surface area contributed by atoms with Gasteiger partial charge in [0.25, 0.3) is 17.7 Å². The summed E-state index contributed by atoms with van der Waals surface area (Å²) in [6.07, 6.45) is 10.0. The molecule has 11 heterocycles. The monoisotopic (exact) mass is 2100 g/mol. The summed E-state index contributed by atoms with van der Waals surface area (Å²) >= 11 is 45.2. The Labute approximate surface area is 835 Å². The lowest BCUT2D eigenvalue weighted by atomic mass is 9.96. The average Bonchev–Trinajstić information content (AvgIpc) is 1.82. The van der Waals surface area contributed by atoms with Crippen LogP contribution < -0.4 is 36.1 Å². The van der Waals surface area contributed by atoms with Gasteiger partial charge in [0.15, 0.2) is 39.0 Å². The molecule has 8 aromatic carbocycles. The molecular formula is C89H61Cl5F2N20O8S11. The van der Waals surface area contributed by atoms with E-state index in [4.69, 9.17) is 71.9 Å². The van der Waals surface area contributed by atoms with Gasteiger partial charge in [0, 0.05) is 135 Å². The number of carbonyl (C=O) groups is 5. The number of amides is 5. The van der Waals surface area contributed by atoms with E-state index >= 15 is 0 Å². The highest BCUT2D eigenvalue weighted by Gasteiger charge is 2.25. The number of pyridine rings is 5. The molecule has 5 N–H and O–H groups in total. The third-order valence-electron chi connectivity index (χ3n) is 17.8. The fourth-order valence-electron chi connectivity index (χ4n) is 11.6. The van der Waals surface area contributed by atoms with E-state index in [0.29, 0.717) is 87.5 Å². The van der Waals surface area contributed by atoms with Crippen LogP contribution in [0.4, 0.5) is 34.4 Å². The second-order valence-electron chi connectivity index (χ2n) is 28.2. The Kier molecular flexibility index (Phi) is 33.5. The van der Waals surface area contributed by atoms with Gasteiger partial charge in [-0.3, -0.25) is 70.2 Å². The van der Waals surface area contributed by atoms with Crippen molar-refractivity contribution in [1.29, 1.82) is 0 Å². The quantitative estimate of drug-likeness (QED) is 0.0293. The topological polar surface area (TPSA) is 370 Å². The Morgan fingerprint density at radius 2 is 0.704 bits per heavy atom. The molecule has 0 aliphatic heterocycles. The van der Waals surface area contributed by atoms with Crippen LogP contribution in [0.15, 0.2) is 293 Å². The number of nitrogens with zero attached hydrogens (tertiary/aromatic N) is 15. The molecule has 680 valence electrons. The van der Waals surface area contributed by atoms with Gasteiger partial charge in [-0.1, -0.05) is 243 Å². The molecule has 0 unspecified atom stereocenters. The molecule has 11 aromatic heterocycles. The molecule has 0 aliphatic carbocycles. The first-order chi connectivity index (χ1) is 65.2. The van der Waals surface area contributed by atoms with Crippen LogP contribution >= 0.6 is 185 Å². The maximum absolute atomic E-state index is 13.3. The first-order valence-electron chi connectivity index (χ1n) is 39.0. The van der Waals surface area contributed by atoms with E-state index in [1.54, 1.807) is 80.6 Å². The van der Waals surface area contributed by atoms with Gasteiger partial charge in [-0.2, -0.15) is 0 Å². The molecule has 0 saturated heterocycles. The molecule has 0 fully saturated rings. The summed E-state index contributed by atoms with van der Waals surface area (Å²) in [7, 11) is 3.06. The zero-order chi connectivity index (χ0) is 94.7. The summed E-state index contributed by atoms with van der Waals surface area (Å²) in [5, 5.41) is 64.3. The van der Waals surface area contributed by atoms with Gasteiger partial charge < -0.3 is 19.2 Å². The van der Waals surface area contributed by atoms with Crippen LogP contribution in [0.2, 0.25) is 25.1 Å². The van der Waals surface area contributed by atoms with Crippen LogP contribution in [0, 0.1) is 17.0 Å². The third kappa shape index (κ3) is 27.1. The standard InChI is InChI=1S/C20H15ClN4O3S2.C19H13ClN4OS3.C18H9ClF2N4OS2.C16H9ClN4O2S2.C16H15ClN4OS2/c1-27-15-6-3-11(9-16(15)28-2)18(26)23-19-24-25-20(30-19)29-17-7-8-22-14-10-12(21)4-5-13(14)17;20-12-6-7-14-15(10-12)21-9-8-16(14)27-19-24-23-18(28-19)22-17(25)11-26-13-4-2-1-3-5-13;19-10-1-2-13-14(7-10)22-4-3-15(13)27-18-25-24-17(28-18)23-16(26)9-5-11(20)8-12(21)6-9;17-9-3-4-10-11(8-9)18-6-5-13(10)24-16-21-20-15(25-16)19-14(22)12-2-1-7-23-12;1-16(2,3)13(22)19-14-20-21-15(24-14)23-12-6-7-18-11-8-9(17)4-5-10(11)12/h3-10H,1-2H3,(H,23,24,26);1-10H,11H2,(H,22,23,25);1-8H,(H,23,24,26);1-8H,(H,19,20,22);4-8H,1-3H3,(H,19,20,22). The molecule has 0 atom stereocenters. The van der Waals surface area contributed by atoms with Crippen LogP contribution in [0.3, 0.4) is 0 Å². The van der Waals surface area contributed by atoms with Crippen LogP contribution in [-0.2, 0) is 9.59 Å². The fraction of sp³-hybridized carbons (Fsp3) is 0.0787. The number of thioether (sulfide) groups is 1. The van der Waals surface area contributed by atoms with Gasteiger partial charge in [0.2, 0.25) is 37.5 Å². The van der Waals surface area contributed by atoms with E-state index in [2.05, 4.69) is 102 Å². The second-order valence-corrected chi connectivity index (χ2v) is 42.7. The minimum absolute atomic E-state index is 0.0841. The van der Waals surface area contributed by atoms with Crippen molar-refractivity contribution >= 4 is 295 Å². The Morgan fingerprint density at radius 1 is 0.363 bits per heavy atom. The first-order valence-corrected chi connectivity index (χ1v) is 50.0. The molecule has 5 amide bonds. The third-order valence-corrected chi connectivity index (χ3v) is 29.8. The number of anilines is 5. The lowest BCUT2D eigenvalue weighted by Crippen LogP contribution is -2.27. The molecule has 0 radical (unpaired) electrons. The van der Waals surface area contributed by atoms with Crippen molar-refractivity contribution < 1.29 is 46.6 Å². The van der Waals surface area contributed by atoms with Crippen molar-refractivity contribution in [2.75, 3.05) is 46.6 Å². The Balaban J connectivity index is 0.000000129.